The van der Waals surface area contributed by atoms with Crippen molar-refractivity contribution in [3.8, 4) is 0 Å². The summed E-state index contributed by atoms with van der Waals surface area (Å²) in [6.07, 6.45) is 8.90. The van der Waals surface area contributed by atoms with E-state index >= 15 is 0 Å². The Labute approximate surface area is 110 Å². The minimum absolute atomic E-state index is 0.140. The van der Waals surface area contributed by atoms with Crippen LogP contribution in [-0.4, -0.2) is 18.5 Å². The summed E-state index contributed by atoms with van der Waals surface area (Å²) in [5, 5.41) is 3.22. The molecule has 1 unspecified atom stereocenters. The van der Waals surface area contributed by atoms with Gasteiger partial charge in [0, 0.05) is 19.0 Å². The van der Waals surface area contributed by atoms with Crippen molar-refractivity contribution < 1.29 is 4.79 Å². The highest BCUT2D eigenvalue weighted by atomic mass is 16.1. The third-order valence-electron chi connectivity index (χ3n) is 5.75. The molecule has 4 aliphatic carbocycles. The molecule has 1 atom stereocenters. The van der Waals surface area contributed by atoms with E-state index in [1.54, 1.807) is 0 Å². The van der Waals surface area contributed by atoms with Crippen molar-refractivity contribution in [2.75, 3.05) is 6.54 Å². The Kier molecular flexibility index (Phi) is 3.13. The first-order valence-corrected chi connectivity index (χ1v) is 7.61. The minimum atomic E-state index is 0.140. The van der Waals surface area contributed by atoms with Crippen molar-refractivity contribution in [1.82, 2.24) is 5.32 Å². The Morgan fingerprint density at radius 1 is 1.22 bits per heavy atom. The fraction of sp³-hybridized carbons (Fsp3) is 0.933. The summed E-state index contributed by atoms with van der Waals surface area (Å²) in [6.45, 7) is 2.68. The van der Waals surface area contributed by atoms with Gasteiger partial charge in [0.1, 0.15) is 0 Å². The van der Waals surface area contributed by atoms with Crippen molar-refractivity contribution in [3.05, 3.63) is 0 Å². The van der Waals surface area contributed by atoms with Crippen LogP contribution in [-0.2, 0) is 4.79 Å². The first kappa shape index (κ1) is 12.5. The van der Waals surface area contributed by atoms with E-state index in [1.807, 2.05) is 0 Å². The summed E-state index contributed by atoms with van der Waals surface area (Å²) >= 11 is 0. The van der Waals surface area contributed by atoms with E-state index in [2.05, 4.69) is 12.2 Å². The molecule has 18 heavy (non-hydrogen) atoms. The summed E-state index contributed by atoms with van der Waals surface area (Å²) in [5.74, 6) is 2.99. The van der Waals surface area contributed by atoms with Crippen LogP contribution in [0.25, 0.3) is 0 Å². The number of amides is 1. The van der Waals surface area contributed by atoms with Gasteiger partial charge in [0.2, 0.25) is 5.91 Å². The third kappa shape index (κ3) is 2.07. The predicted octanol–water partition coefficient (Wildman–Crippen LogP) is 2.06. The number of nitrogens with one attached hydrogen (secondary N) is 1. The van der Waals surface area contributed by atoms with Crippen LogP contribution in [0.5, 0.6) is 0 Å². The smallest absolute Gasteiger partial charge is 0.221 e. The molecule has 4 rings (SSSR count). The predicted molar refractivity (Wildman–Crippen MR) is 71.9 cm³/mol. The van der Waals surface area contributed by atoms with Crippen molar-refractivity contribution in [2.24, 2.45) is 28.9 Å². The maximum absolute atomic E-state index is 11.8. The highest BCUT2D eigenvalue weighted by Gasteiger charge is 2.53. The van der Waals surface area contributed by atoms with Crippen LogP contribution in [0.2, 0.25) is 0 Å². The van der Waals surface area contributed by atoms with E-state index in [4.69, 9.17) is 5.73 Å². The molecule has 4 aliphatic rings. The molecule has 4 bridgehead atoms. The van der Waals surface area contributed by atoms with Crippen molar-refractivity contribution >= 4 is 5.91 Å². The van der Waals surface area contributed by atoms with Gasteiger partial charge in [0.15, 0.2) is 0 Å². The molecule has 102 valence electrons. The van der Waals surface area contributed by atoms with Gasteiger partial charge in [-0.1, -0.05) is 0 Å². The number of nitrogens with two attached hydrogens (primary N) is 1. The molecule has 3 nitrogen and oxygen atoms in total. The second kappa shape index (κ2) is 4.52. The standard InChI is InChI=1S/C15H26N2O/c1-10(17-14(18)2-3-16)15-7-11-4-12(8-15)6-13(5-11)9-15/h10-13H,2-9,16H2,1H3,(H,17,18). The lowest BCUT2D eigenvalue weighted by atomic mass is 9.48. The van der Waals surface area contributed by atoms with E-state index in [-0.39, 0.29) is 5.91 Å². The van der Waals surface area contributed by atoms with Crippen LogP contribution < -0.4 is 11.1 Å². The first-order valence-electron chi connectivity index (χ1n) is 7.61. The van der Waals surface area contributed by atoms with Gasteiger partial charge in [-0.3, -0.25) is 4.79 Å². The molecule has 0 aliphatic heterocycles. The van der Waals surface area contributed by atoms with Gasteiger partial charge in [0.05, 0.1) is 0 Å². The largest absolute Gasteiger partial charge is 0.353 e. The maximum Gasteiger partial charge on any atom is 0.221 e. The zero-order valence-corrected chi connectivity index (χ0v) is 11.5. The quantitative estimate of drug-likeness (QED) is 0.802. The second-order valence-corrected chi connectivity index (χ2v) is 7.11. The van der Waals surface area contributed by atoms with E-state index in [0.717, 1.165) is 17.8 Å². The number of hydrogen-bond acceptors (Lipinski definition) is 2. The van der Waals surface area contributed by atoms with Crippen molar-refractivity contribution in [2.45, 2.75) is 57.9 Å². The molecule has 1 amide bonds. The summed E-state index contributed by atoms with van der Waals surface area (Å²) in [7, 11) is 0. The average Bonchev–Trinajstić information content (AvgIpc) is 2.27. The Morgan fingerprint density at radius 3 is 2.17 bits per heavy atom. The molecule has 4 fully saturated rings. The van der Waals surface area contributed by atoms with Gasteiger partial charge >= 0.3 is 0 Å². The monoisotopic (exact) mass is 250 g/mol. The number of hydrogen-bond donors (Lipinski definition) is 2. The lowest BCUT2D eigenvalue weighted by Gasteiger charge is -2.59. The lowest BCUT2D eigenvalue weighted by Crippen LogP contribution is -2.55. The lowest BCUT2D eigenvalue weighted by molar-refractivity contribution is -0.125. The minimum Gasteiger partial charge on any atom is -0.353 e. The van der Waals surface area contributed by atoms with Crippen LogP contribution in [0.1, 0.15) is 51.9 Å². The number of rotatable bonds is 4. The molecule has 0 radical (unpaired) electrons. The molecular weight excluding hydrogens is 224 g/mol. The van der Waals surface area contributed by atoms with Gasteiger partial charge in [-0.2, -0.15) is 0 Å². The van der Waals surface area contributed by atoms with Gasteiger partial charge in [-0.05, 0) is 68.6 Å². The fourth-order valence-electron chi connectivity index (χ4n) is 5.31. The molecular formula is C15H26N2O. The molecule has 0 heterocycles. The third-order valence-corrected chi connectivity index (χ3v) is 5.75. The van der Waals surface area contributed by atoms with Crippen LogP contribution in [0.3, 0.4) is 0 Å². The van der Waals surface area contributed by atoms with Crippen LogP contribution >= 0.6 is 0 Å². The molecule has 0 aromatic heterocycles. The first-order chi connectivity index (χ1) is 8.61. The van der Waals surface area contributed by atoms with E-state index in [9.17, 15) is 4.79 Å². The summed E-state index contributed by atoms with van der Waals surface area (Å²) in [4.78, 5) is 11.8. The molecule has 0 spiro atoms. The van der Waals surface area contributed by atoms with Gasteiger partial charge in [0.25, 0.3) is 0 Å². The highest BCUT2D eigenvalue weighted by molar-refractivity contribution is 5.76. The molecule has 0 saturated heterocycles. The summed E-state index contributed by atoms with van der Waals surface area (Å²) in [6, 6.07) is 0.338. The van der Waals surface area contributed by atoms with Crippen LogP contribution in [0, 0.1) is 23.2 Å². The Balaban J connectivity index is 1.69. The number of carbonyl (C=O) groups is 1. The molecule has 3 heteroatoms. The normalized spacial score (nSPS) is 42.9. The van der Waals surface area contributed by atoms with Gasteiger partial charge in [-0.15, -0.1) is 0 Å². The van der Waals surface area contributed by atoms with Crippen LogP contribution in [0.15, 0.2) is 0 Å². The zero-order valence-electron chi connectivity index (χ0n) is 11.5. The van der Waals surface area contributed by atoms with Gasteiger partial charge < -0.3 is 11.1 Å². The summed E-state index contributed by atoms with van der Waals surface area (Å²) < 4.78 is 0. The second-order valence-electron chi connectivity index (χ2n) is 7.11. The number of carbonyl (C=O) groups excluding carboxylic acids is 1. The molecule has 3 N–H and O–H groups in total. The maximum atomic E-state index is 11.8. The van der Waals surface area contributed by atoms with E-state index in [1.165, 1.54) is 38.5 Å². The molecule has 0 aromatic carbocycles. The average molecular weight is 250 g/mol. The topological polar surface area (TPSA) is 55.1 Å². The Hall–Kier alpha value is -0.570. The molecule has 4 saturated carbocycles. The Morgan fingerprint density at radius 2 is 1.72 bits per heavy atom. The van der Waals surface area contributed by atoms with Crippen molar-refractivity contribution in [3.63, 3.8) is 0 Å². The van der Waals surface area contributed by atoms with E-state index < -0.39 is 0 Å². The SMILES string of the molecule is CC(NC(=O)CCN)C12CC3CC(CC(C3)C1)C2. The van der Waals surface area contributed by atoms with Crippen molar-refractivity contribution in [1.29, 1.82) is 0 Å². The highest BCUT2D eigenvalue weighted by Crippen LogP contribution is 2.61. The fourth-order valence-corrected chi connectivity index (χ4v) is 5.31. The summed E-state index contributed by atoms with van der Waals surface area (Å²) in [5.41, 5.74) is 5.87. The van der Waals surface area contributed by atoms with Crippen LogP contribution in [0.4, 0.5) is 0 Å². The van der Waals surface area contributed by atoms with E-state index in [0.29, 0.717) is 24.4 Å². The zero-order chi connectivity index (χ0) is 12.8. The van der Waals surface area contributed by atoms with Gasteiger partial charge in [-0.25, -0.2) is 0 Å². The molecule has 0 aromatic rings. The Bertz CT molecular complexity index is 304.